The van der Waals surface area contributed by atoms with Gasteiger partial charge in [-0.05, 0) is 45.9 Å². The SMILES string of the molecule is COc1ccc(C(=O)N2CCN(S(=O)(=O)c3c(C)nn(C(C)C)c3C)CC2)cc1OC. The first-order valence-electron chi connectivity index (χ1n) is 10.2. The van der Waals surface area contributed by atoms with Crippen LogP contribution in [0.15, 0.2) is 23.1 Å². The summed E-state index contributed by atoms with van der Waals surface area (Å²) in [4.78, 5) is 14.9. The van der Waals surface area contributed by atoms with Crippen LogP contribution in [0.25, 0.3) is 0 Å². The second-order valence-electron chi connectivity index (χ2n) is 7.80. The first kappa shape index (κ1) is 23.1. The third-order valence-corrected chi connectivity index (χ3v) is 7.65. The smallest absolute Gasteiger partial charge is 0.254 e. The molecule has 170 valence electrons. The van der Waals surface area contributed by atoms with Gasteiger partial charge in [0.1, 0.15) is 4.90 Å². The molecule has 0 radical (unpaired) electrons. The molecule has 1 aromatic carbocycles. The van der Waals surface area contributed by atoms with E-state index in [0.717, 1.165) is 0 Å². The number of hydrogen-bond donors (Lipinski definition) is 0. The molecule has 1 aromatic heterocycles. The molecule has 0 atom stereocenters. The standard InChI is InChI=1S/C21H30N4O5S/c1-14(2)25-16(4)20(15(3)22-25)31(27,28)24-11-9-23(10-12-24)21(26)17-7-8-18(29-5)19(13-17)30-6/h7-8,13-14H,9-12H2,1-6H3. The van der Waals surface area contributed by atoms with E-state index in [-0.39, 0.29) is 29.9 Å². The maximum absolute atomic E-state index is 13.3. The van der Waals surface area contributed by atoms with E-state index in [9.17, 15) is 13.2 Å². The van der Waals surface area contributed by atoms with E-state index < -0.39 is 10.0 Å². The van der Waals surface area contributed by atoms with Crippen LogP contribution < -0.4 is 9.47 Å². The molecule has 0 bridgehead atoms. The normalized spacial score (nSPS) is 15.4. The van der Waals surface area contributed by atoms with Gasteiger partial charge in [0, 0.05) is 37.8 Å². The summed E-state index contributed by atoms with van der Waals surface area (Å²) in [6.45, 7) is 8.51. The molecule has 0 saturated carbocycles. The Hall–Kier alpha value is -2.59. The zero-order valence-electron chi connectivity index (χ0n) is 18.9. The summed E-state index contributed by atoms with van der Waals surface area (Å²) in [5, 5.41) is 4.41. The Kier molecular flexibility index (Phi) is 6.61. The van der Waals surface area contributed by atoms with E-state index in [4.69, 9.17) is 9.47 Å². The van der Waals surface area contributed by atoms with Crippen LogP contribution in [0.2, 0.25) is 0 Å². The summed E-state index contributed by atoms with van der Waals surface area (Å²) in [6, 6.07) is 5.07. The number of aryl methyl sites for hydroxylation is 1. The number of piperazine rings is 1. The van der Waals surface area contributed by atoms with Gasteiger partial charge >= 0.3 is 0 Å². The minimum absolute atomic E-state index is 0.0682. The molecular formula is C21H30N4O5S. The van der Waals surface area contributed by atoms with E-state index in [1.54, 1.807) is 41.6 Å². The Balaban J connectivity index is 1.76. The molecule has 0 aliphatic carbocycles. The van der Waals surface area contributed by atoms with Crippen LogP contribution in [-0.2, 0) is 10.0 Å². The number of carbonyl (C=O) groups excluding carboxylic acids is 1. The molecule has 10 heteroatoms. The lowest BCUT2D eigenvalue weighted by Crippen LogP contribution is -2.50. The fourth-order valence-corrected chi connectivity index (χ4v) is 5.72. The summed E-state index contributed by atoms with van der Waals surface area (Å²) in [5.74, 6) is 0.850. The van der Waals surface area contributed by atoms with Crippen molar-refractivity contribution in [3.8, 4) is 11.5 Å². The van der Waals surface area contributed by atoms with Gasteiger partial charge in [0.05, 0.1) is 25.6 Å². The molecule has 0 spiro atoms. The van der Waals surface area contributed by atoms with Gasteiger partial charge in [-0.25, -0.2) is 8.42 Å². The van der Waals surface area contributed by atoms with Crippen molar-refractivity contribution in [1.82, 2.24) is 19.0 Å². The molecule has 2 heterocycles. The first-order valence-corrected chi connectivity index (χ1v) is 11.6. The van der Waals surface area contributed by atoms with E-state index in [2.05, 4.69) is 5.10 Å². The second kappa shape index (κ2) is 8.88. The van der Waals surface area contributed by atoms with Crippen molar-refractivity contribution in [3.63, 3.8) is 0 Å². The Morgan fingerprint density at radius 2 is 1.65 bits per heavy atom. The zero-order chi connectivity index (χ0) is 22.9. The molecule has 0 N–H and O–H groups in total. The van der Waals surface area contributed by atoms with Crippen LogP contribution >= 0.6 is 0 Å². The molecule has 1 saturated heterocycles. The minimum atomic E-state index is -3.69. The highest BCUT2D eigenvalue weighted by atomic mass is 32.2. The topological polar surface area (TPSA) is 94.0 Å². The molecular weight excluding hydrogens is 420 g/mol. The summed E-state index contributed by atoms with van der Waals surface area (Å²) < 4.78 is 40.3. The van der Waals surface area contributed by atoms with Crippen LogP contribution in [0, 0.1) is 13.8 Å². The van der Waals surface area contributed by atoms with Gasteiger partial charge in [-0.1, -0.05) is 0 Å². The molecule has 3 rings (SSSR count). The average Bonchev–Trinajstić information content (AvgIpc) is 3.07. The third-order valence-electron chi connectivity index (χ3n) is 5.50. The lowest BCUT2D eigenvalue weighted by molar-refractivity contribution is 0.0697. The number of hydrogen-bond acceptors (Lipinski definition) is 6. The third kappa shape index (κ3) is 4.27. The maximum atomic E-state index is 13.3. The molecule has 31 heavy (non-hydrogen) atoms. The van der Waals surface area contributed by atoms with Crippen LogP contribution in [0.1, 0.15) is 41.6 Å². The van der Waals surface area contributed by atoms with Gasteiger partial charge < -0.3 is 14.4 Å². The van der Waals surface area contributed by atoms with E-state index in [1.165, 1.54) is 18.5 Å². The Morgan fingerprint density at radius 3 is 2.16 bits per heavy atom. The lowest BCUT2D eigenvalue weighted by Gasteiger charge is -2.34. The number of amides is 1. The average molecular weight is 451 g/mol. The summed E-state index contributed by atoms with van der Waals surface area (Å²) in [7, 11) is -0.644. The maximum Gasteiger partial charge on any atom is 0.254 e. The largest absolute Gasteiger partial charge is 0.493 e. The first-order chi connectivity index (χ1) is 14.6. The quantitative estimate of drug-likeness (QED) is 0.670. The van der Waals surface area contributed by atoms with E-state index in [0.29, 0.717) is 41.5 Å². The van der Waals surface area contributed by atoms with E-state index >= 15 is 0 Å². The summed E-state index contributed by atoms with van der Waals surface area (Å²) >= 11 is 0. The molecule has 9 nitrogen and oxygen atoms in total. The van der Waals surface area contributed by atoms with Crippen LogP contribution in [-0.4, -0.2) is 73.7 Å². The Labute approximate surface area is 183 Å². The number of sulfonamides is 1. The van der Waals surface area contributed by atoms with Crippen LogP contribution in [0.5, 0.6) is 11.5 Å². The summed E-state index contributed by atoms with van der Waals surface area (Å²) in [6.07, 6.45) is 0. The number of rotatable bonds is 6. The number of benzene rings is 1. The van der Waals surface area contributed by atoms with Crippen molar-refractivity contribution in [2.45, 2.75) is 38.6 Å². The number of aromatic nitrogens is 2. The fraction of sp³-hybridized carbons (Fsp3) is 0.524. The van der Waals surface area contributed by atoms with Gasteiger partial charge in [0.15, 0.2) is 11.5 Å². The monoisotopic (exact) mass is 450 g/mol. The number of nitrogens with zero attached hydrogens (tertiary/aromatic N) is 4. The molecule has 1 fully saturated rings. The van der Waals surface area contributed by atoms with Gasteiger partial charge in [-0.3, -0.25) is 9.48 Å². The molecule has 1 aliphatic heterocycles. The minimum Gasteiger partial charge on any atom is -0.493 e. The lowest BCUT2D eigenvalue weighted by atomic mass is 10.1. The van der Waals surface area contributed by atoms with Crippen molar-refractivity contribution in [1.29, 1.82) is 0 Å². The Morgan fingerprint density at radius 1 is 1.03 bits per heavy atom. The van der Waals surface area contributed by atoms with Crippen molar-refractivity contribution >= 4 is 15.9 Å². The zero-order valence-corrected chi connectivity index (χ0v) is 19.7. The number of ether oxygens (including phenoxy) is 2. The summed E-state index contributed by atoms with van der Waals surface area (Å²) in [5.41, 5.74) is 1.60. The van der Waals surface area contributed by atoms with Crippen molar-refractivity contribution < 1.29 is 22.7 Å². The molecule has 0 unspecified atom stereocenters. The van der Waals surface area contributed by atoms with E-state index in [1.807, 2.05) is 13.8 Å². The van der Waals surface area contributed by atoms with Gasteiger partial charge in [-0.2, -0.15) is 9.40 Å². The Bertz CT molecular complexity index is 1070. The number of carbonyl (C=O) groups is 1. The van der Waals surface area contributed by atoms with Crippen molar-refractivity contribution in [3.05, 3.63) is 35.2 Å². The van der Waals surface area contributed by atoms with Crippen molar-refractivity contribution in [2.75, 3.05) is 40.4 Å². The van der Waals surface area contributed by atoms with Gasteiger partial charge in [-0.15, -0.1) is 0 Å². The van der Waals surface area contributed by atoms with Crippen LogP contribution in [0.3, 0.4) is 0 Å². The second-order valence-corrected chi connectivity index (χ2v) is 9.68. The predicted molar refractivity (Wildman–Crippen MR) is 116 cm³/mol. The van der Waals surface area contributed by atoms with Gasteiger partial charge in [0.2, 0.25) is 10.0 Å². The van der Waals surface area contributed by atoms with Gasteiger partial charge in [0.25, 0.3) is 5.91 Å². The molecule has 2 aromatic rings. The molecule has 1 amide bonds. The molecule has 1 aliphatic rings. The predicted octanol–water partition coefficient (Wildman–Crippen LogP) is 2.24. The van der Waals surface area contributed by atoms with Crippen molar-refractivity contribution in [2.24, 2.45) is 0 Å². The number of methoxy groups -OCH3 is 2. The van der Waals surface area contributed by atoms with Crippen LogP contribution in [0.4, 0.5) is 0 Å². The highest BCUT2D eigenvalue weighted by Crippen LogP contribution is 2.29. The highest BCUT2D eigenvalue weighted by Gasteiger charge is 2.34. The fourth-order valence-electron chi connectivity index (χ4n) is 3.94. The highest BCUT2D eigenvalue weighted by molar-refractivity contribution is 7.89.